The van der Waals surface area contributed by atoms with Gasteiger partial charge < -0.3 is 0 Å². The molecule has 4 atom stereocenters. The van der Waals surface area contributed by atoms with E-state index >= 15 is 0 Å². The van der Waals surface area contributed by atoms with Gasteiger partial charge in [0.05, 0.1) is 11.8 Å². The van der Waals surface area contributed by atoms with Crippen molar-refractivity contribution in [2.45, 2.75) is 12.8 Å². The van der Waals surface area contributed by atoms with Crippen molar-refractivity contribution in [3.63, 3.8) is 0 Å². The van der Waals surface area contributed by atoms with Crippen LogP contribution in [0.3, 0.4) is 0 Å². The third-order valence-electron chi connectivity index (χ3n) is 6.15. The standard InChI is InChI=1S/C18H15ClN2O3/c19-10-3-1-2-9(8-10)15(22)20-21-16(23)13-11-4-5-12(14(13)17(21)24)18(11)6-7-18/h1-5,8,11-14H,6-7H2,(H,20,22)/t11-,12-,13-,14-/m0/s1. The van der Waals surface area contributed by atoms with Crippen molar-refractivity contribution in [2.24, 2.45) is 29.1 Å². The minimum atomic E-state index is -0.499. The molecule has 1 N–H and O–H groups in total. The molecule has 1 aliphatic heterocycles. The second-order valence-electron chi connectivity index (χ2n) is 7.18. The van der Waals surface area contributed by atoms with Gasteiger partial charge in [0.15, 0.2) is 0 Å². The number of imide groups is 1. The van der Waals surface area contributed by atoms with Gasteiger partial charge in [-0.15, -0.1) is 0 Å². The van der Waals surface area contributed by atoms with Crippen LogP contribution >= 0.6 is 11.6 Å². The van der Waals surface area contributed by atoms with Crippen molar-refractivity contribution in [2.75, 3.05) is 0 Å². The van der Waals surface area contributed by atoms with E-state index in [0.29, 0.717) is 10.6 Å². The Bertz CT molecular complexity index is 795. The lowest BCUT2D eigenvalue weighted by atomic mass is 9.85. The average Bonchev–Trinajstić information content (AvgIpc) is 3.17. The highest BCUT2D eigenvalue weighted by Crippen LogP contribution is 2.73. The molecule has 2 bridgehead atoms. The Labute approximate surface area is 143 Å². The Morgan fingerprint density at radius 1 is 1.12 bits per heavy atom. The van der Waals surface area contributed by atoms with Crippen LogP contribution in [-0.4, -0.2) is 22.7 Å². The van der Waals surface area contributed by atoms with E-state index in [2.05, 4.69) is 17.6 Å². The second-order valence-corrected chi connectivity index (χ2v) is 7.62. The van der Waals surface area contributed by atoms with Crippen LogP contribution < -0.4 is 5.43 Å². The van der Waals surface area contributed by atoms with Crippen molar-refractivity contribution in [3.8, 4) is 0 Å². The van der Waals surface area contributed by atoms with Gasteiger partial charge in [-0.2, -0.15) is 5.01 Å². The quantitative estimate of drug-likeness (QED) is 0.661. The predicted octanol–water partition coefficient (Wildman–Crippen LogP) is 2.18. The molecular weight excluding hydrogens is 328 g/mol. The van der Waals surface area contributed by atoms with E-state index < -0.39 is 5.91 Å². The van der Waals surface area contributed by atoms with Crippen LogP contribution in [-0.2, 0) is 9.59 Å². The van der Waals surface area contributed by atoms with Gasteiger partial charge in [0.25, 0.3) is 17.7 Å². The molecular formula is C18H15ClN2O3. The normalized spacial score (nSPS) is 34.1. The van der Waals surface area contributed by atoms with Crippen LogP contribution in [0.15, 0.2) is 36.4 Å². The Balaban J connectivity index is 1.41. The molecule has 4 aliphatic rings. The van der Waals surface area contributed by atoms with Crippen molar-refractivity contribution >= 4 is 29.3 Å². The van der Waals surface area contributed by atoms with E-state index in [-0.39, 0.29) is 40.9 Å². The molecule has 3 amide bonds. The Morgan fingerprint density at radius 3 is 2.29 bits per heavy atom. The van der Waals surface area contributed by atoms with Crippen LogP contribution in [0.2, 0.25) is 5.02 Å². The van der Waals surface area contributed by atoms with E-state index in [1.807, 2.05) is 0 Å². The maximum Gasteiger partial charge on any atom is 0.270 e. The minimum Gasteiger partial charge on any atom is -0.272 e. The highest BCUT2D eigenvalue weighted by atomic mass is 35.5. The molecule has 2 saturated carbocycles. The minimum absolute atomic E-state index is 0.150. The summed E-state index contributed by atoms with van der Waals surface area (Å²) in [4.78, 5) is 37.9. The van der Waals surface area contributed by atoms with Gasteiger partial charge in [0.1, 0.15) is 0 Å². The molecule has 24 heavy (non-hydrogen) atoms. The number of allylic oxidation sites excluding steroid dienone is 2. The first-order valence-electron chi connectivity index (χ1n) is 8.16. The van der Waals surface area contributed by atoms with Crippen LogP contribution in [0, 0.1) is 29.1 Å². The fourth-order valence-corrected chi connectivity index (χ4v) is 5.17. The smallest absolute Gasteiger partial charge is 0.270 e. The van der Waals surface area contributed by atoms with Gasteiger partial charge in [-0.3, -0.25) is 19.8 Å². The third kappa shape index (κ3) is 1.63. The number of fused-ring (bicyclic) bond motifs is 3. The number of amides is 3. The number of hydrogen-bond donors (Lipinski definition) is 1. The largest absolute Gasteiger partial charge is 0.272 e. The van der Waals surface area contributed by atoms with E-state index in [0.717, 1.165) is 17.9 Å². The Kier molecular flexibility index (Phi) is 2.65. The second kappa shape index (κ2) is 4.48. The van der Waals surface area contributed by atoms with Crippen molar-refractivity contribution in [1.82, 2.24) is 10.4 Å². The van der Waals surface area contributed by atoms with E-state index in [9.17, 15) is 14.4 Å². The highest BCUT2D eigenvalue weighted by molar-refractivity contribution is 6.31. The van der Waals surface area contributed by atoms with Gasteiger partial charge in [-0.1, -0.05) is 29.8 Å². The molecule has 0 aromatic heterocycles. The monoisotopic (exact) mass is 342 g/mol. The molecule has 5 nitrogen and oxygen atoms in total. The molecule has 3 aliphatic carbocycles. The number of hydrogen-bond acceptors (Lipinski definition) is 3. The zero-order valence-electron chi connectivity index (χ0n) is 12.7. The third-order valence-corrected chi connectivity index (χ3v) is 6.39. The summed E-state index contributed by atoms with van der Waals surface area (Å²) in [5.41, 5.74) is 2.95. The molecule has 1 saturated heterocycles. The molecule has 5 rings (SSSR count). The van der Waals surface area contributed by atoms with Crippen molar-refractivity contribution < 1.29 is 14.4 Å². The first-order valence-corrected chi connectivity index (χ1v) is 8.53. The van der Waals surface area contributed by atoms with Crippen LogP contribution in [0.25, 0.3) is 0 Å². The molecule has 122 valence electrons. The molecule has 0 radical (unpaired) electrons. The lowest BCUT2D eigenvalue weighted by Crippen LogP contribution is -2.47. The number of nitrogens with zero attached hydrogens (tertiary/aromatic N) is 1. The number of benzene rings is 1. The van der Waals surface area contributed by atoms with Crippen molar-refractivity contribution in [3.05, 3.63) is 47.0 Å². The lowest BCUT2D eigenvalue weighted by molar-refractivity contribution is -0.144. The molecule has 6 heteroatoms. The number of carbonyl (C=O) groups excluding carboxylic acids is 3. The van der Waals surface area contributed by atoms with E-state index in [1.165, 1.54) is 6.07 Å². The van der Waals surface area contributed by atoms with E-state index in [1.54, 1.807) is 18.2 Å². The number of halogens is 1. The summed E-state index contributed by atoms with van der Waals surface area (Å²) in [6.45, 7) is 0. The summed E-state index contributed by atoms with van der Waals surface area (Å²) in [7, 11) is 0. The summed E-state index contributed by atoms with van der Waals surface area (Å²) in [5, 5.41) is 1.36. The van der Waals surface area contributed by atoms with Gasteiger partial charge in [0.2, 0.25) is 0 Å². The topological polar surface area (TPSA) is 66.5 Å². The number of hydrazine groups is 1. The lowest BCUT2D eigenvalue weighted by Gasteiger charge is -2.22. The Hall–Kier alpha value is -2.14. The number of carbonyl (C=O) groups is 3. The zero-order valence-corrected chi connectivity index (χ0v) is 13.5. The van der Waals surface area contributed by atoms with Gasteiger partial charge in [-0.05, 0) is 48.3 Å². The van der Waals surface area contributed by atoms with Crippen molar-refractivity contribution in [1.29, 1.82) is 0 Å². The fourth-order valence-electron chi connectivity index (χ4n) is 4.98. The SMILES string of the molecule is O=C(NN1C(=O)[C@@H]2[C@@H](C1=O)[C@@H]1C=C[C@@H]2C12CC2)c1cccc(Cl)c1. The van der Waals surface area contributed by atoms with Crippen LogP contribution in [0.4, 0.5) is 0 Å². The number of nitrogens with one attached hydrogen (secondary N) is 1. The first kappa shape index (κ1) is 14.2. The first-order chi connectivity index (χ1) is 11.5. The Morgan fingerprint density at radius 2 is 1.75 bits per heavy atom. The molecule has 0 unspecified atom stereocenters. The molecule has 1 spiro atoms. The maximum atomic E-state index is 12.8. The van der Waals surface area contributed by atoms with Crippen LogP contribution in [0.5, 0.6) is 0 Å². The van der Waals surface area contributed by atoms with E-state index in [4.69, 9.17) is 11.6 Å². The van der Waals surface area contributed by atoms with Gasteiger partial charge in [0, 0.05) is 10.6 Å². The van der Waals surface area contributed by atoms with Gasteiger partial charge >= 0.3 is 0 Å². The maximum absolute atomic E-state index is 12.8. The summed E-state index contributed by atoms with van der Waals surface area (Å²) in [6.07, 6.45) is 6.40. The van der Waals surface area contributed by atoms with Crippen LogP contribution in [0.1, 0.15) is 23.2 Å². The molecule has 1 aromatic carbocycles. The van der Waals surface area contributed by atoms with Gasteiger partial charge in [-0.25, -0.2) is 0 Å². The highest BCUT2D eigenvalue weighted by Gasteiger charge is 2.73. The summed E-state index contributed by atoms with van der Waals surface area (Å²) < 4.78 is 0. The molecule has 3 fully saturated rings. The number of rotatable bonds is 2. The summed E-state index contributed by atoms with van der Waals surface area (Å²) in [5.74, 6) is -1.37. The predicted molar refractivity (Wildman–Crippen MR) is 85.5 cm³/mol. The summed E-state index contributed by atoms with van der Waals surface area (Å²) >= 11 is 5.89. The average molecular weight is 343 g/mol. The summed E-state index contributed by atoms with van der Waals surface area (Å²) in [6, 6.07) is 6.42. The zero-order chi connectivity index (χ0) is 16.6. The molecule has 1 aromatic rings. The molecule has 1 heterocycles. The fraction of sp³-hybridized carbons (Fsp3) is 0.389.